The first-order valence-electron chi connectivity index (χ1n) is 8.75. The number of aliphatic carboxylic acids is 1. The average Bonchev–Trinajstić information content (AvgIpc) is 3.20. The number of rotatable bonds is 5. The molecule has 1 saturated heterocycles. The van der Waals surface area contributed by atoms with Crippen molar-refractivity contribution >= 4 is 11.8 Å². The van der Waals surface area contributed by atoms with Gasteiger partial charge in [0.25, 0.3) is 0 Å². The van der Waals surface area contributed by atoms with E-state index >= 15 is 0 Å². The van der Waals surface area contributed by atoms with E-state index in [0.29, 0.717) is 23.0 Å². The molecule has 1 atom stereocenters. The topological polar surface area (TPSA) is 107 Å². The summed E-state index contributed by atoms with van der Waals surface area (Å²) in [6, 6.07) is 12.1. The number of ether oxygens (including phenoxy) is 1. The highest BCUT2D eigenvalue weighted by Crippen LogP contribution is 2.17. The predicted molar refractivity (Wildman–Crippen MR) is 98.3 cm³/mol. The summed E-state index contributed by atoms with van der Waals surface area (Å²) in [5.74, 6) is -2.02. The van der Waals surface area contributed by atoms with Crippen LogP contribution in [0.4, 0.5) is 23.4 Å². The summed E-state index contributed by atoms with van der Waals surface area (Å²) in [6.45, 7) is 1.99. The molecule has 1 unspecified atom stereocenters. The van der Waals surface area contributed by atoms with Gasteiger partial charge in [-0.3, -0.25) is 0 Å². The van der Waals surface area contributed by atoms with Crippen LogP contribution >= 0.6 is 0 Å². The van der Waals surface area contributed by atoms with E-state index in [1.807, 2.05) is 18.2 Å². The summed E-state index contributed by atoms with van der Waals surface area (Å²) in [6.07, 6.45) is -4.02. The molecule has 11 heteroatoms. The van der Waals surface area contributed by atoms with Crippen LogP contribution in [0.15, 0.2) is 36.4 Å². The minimum Gasteiger partial charge on any atom is -0.475 e. The van der Waals surface area contributed by atoms with Gasteiger partial charge in [0.1, 0.15) is 18.2 Å². The van der Waals surface area contributed by atoms with Crippen molar-refractivity contribution in [2.24, 2.45) is 0 Å². The number of carbonyl (C=O) groups is 1. The maximum absolute atomic E-state index is 13.8. The molecule has 0 spiro atoms. The number of carboxylic acids is 1. The lowest BCUT2D eigenvalue weighted by Gasteiger charge is -2.13. The SMILES string of the molecule is N#Cc1ccc(COc2cccc(NC3CCNC3)n2)c(F)c1.O=C(O)C(F)(F)F. The Kier molecular flexibility index (Phi) is 7.94. The Hall–Kier alpha value is -3.39. The second-order valence-corrected chi connectivity index (χ2v) is 6.20. The number of nitriles is 1. The van der Waals surface area contributed by atoms with E-state index in [1.165, 1.54) is 6.07 Å². The lowest BCUT2D eigenvalue weighted by Crippen LogP contribution is -2.22. The molecule has 7 nitrogen and oxygen atoms in total. The summed E-state index contributed by atoms with van der Waals surface area (Å²) in [4.78, 5) is 13.3. The van der Waals surface area contributed by atoms with Crippen molar-refractivity contribution in [2.45, 2.75) is 25.2 Å². The van der Waals surface area contributed by atoms with Crippen molar-refractivity contribution in [3.63, 3.8) is 0 Å². The minimum atomic E-state index is -5.08. The number of hydrogen-bond donors (Lipinski definition) is 3. The number of carboxylic acid groups (broad SMARTS) is 1. The molecule has 0 amide bonds. The van der Waals surface area contributed by atoms with E-state index in [2.05, 4.69) is 15.6 Å². The van der Waals surface area contributed by atoms with E-state index in [4.69, 9.17) is 19.9 Å². The van der Waals surface area contributed by atoms with Gasteiger partial charge in [0, 0.05) is 24.2 Å². The van der Waals surface area contributed by atoms with Gasteiger partial charge in [0.2, 0.25) is 5.88 Å². The van der Waals surface area contributed by atoms with Crippen LogP contribution in [0.1, 0.15) is 17.5 Å². The predicted octanol–water partition coefficient (Wildman–Crippen LogP) is 3.08. The Labute approximate surface area is 169 Å². The summed E-state index contributed by atoms with van der Waals surface area (Å²) < 4.78 is 51.1. The van der Waals surface area contributed by atoms with Gasteiger partial charge in [0.05, 0.1) is 11.6 Å². The number of benzene rings is 1. The average molecular weight is 426 g/mol. The second kappa shape index (κ2) is 10.4. The Balaban J connectivity index is 0.000000396. The van der Waals surface area contributed by atoms with Gasteiger partial charge in [0.15, 0.2) is 0 Å². The van der Waals surface area contributed by atoms with Crippen LogP contribution in [0.2, 0.25) is 0 Å². The molecule has 0 saturated carbocycles. The number of halogens is 4. The van der Waals surface area contributed by atoms with Crippen LogP contribution in [0.5, 0.6) is 5.88 Å². The van der Waals surface area contributed by atoms with Crippen molar-refractivity contribution in [3.8, 4) is 11.9 Å². The van der Waals surface area contributed by atoms with Crippen LogP contribution in [-0.4, -0.2) is 41.4 Å². The Morgan fingerprint density at radius 2 is 2.10 bits per heavy atom. The molecule has 0 aliphatic carbocycles. The molecule has 30 heavy (non-hydrogen) atoms. The van der Waals surface area contributed by atoms with Gasteiger partial charge in [-0.05, 0) is 31.2 Å². The third-order valence-corrected chi connectivity index (χ3v) is 3.94. The zero-order valence-electron chi connectivity index (χ0n) is 15.5. The maximum atomic E-state index is 13.8. The summed E-state index contributed by atoms with van der Waals surface area (Å²) in [5, 5.41) is 22.5. The van der Waals surface area contributed by atoms with Crippen LogP contribution in [0.25, 0.3) is 0 Å². The summed E-state index contributed by atoms with van der Waals surface area (Å²) in [7, 11) is 0. The maximum Gasteiger partial charge on any atom is 0.490 e. The Morgan fingerprint density at radius 1 is 1.37 bits per heavy atom. The fourth-order valence-electron chi connectivity index (χ4n) is 2.45. The first kappa shape index (κ1) is 22.9. The van der Waals surface area contributed by atoms with Gasteiger partial charge in [-0.25, -0.2) is 9.18 Å². The number of hydrogen-bond acceptors (Lipinski definition) is 6. The molecule has 2 heterocycles. The number of nitrogens with zero attached hydrogens (tertiary/aromatic N) is 2. The van der Waals surface area contributed by atoms with Crippen molar-refractivity contribution in [3.05, 3.63) is 53.3 Å². The Bertz CT molecular complexity index is 909. The smallest absolute Gasteiger partial charge is 0.475 e. The van der Waals surface area contributed by atoms with Crippen molar-refractivity contribution in [1.82, 2.24) is 10.3 Å². The monoisotopic (exact) mass is 426 g/mol. The lowest BCUT2D eigenvalue weighted by molar-refractivity contribution is -0.192. The number of alkyl halides is 3. The van der Waals surface area contributed by atoms with Crippen LogP contribution in [0.3, 0.4) is 0 Å². The van der Waals surface area contributed by atoms with Gasteiger partial charge < -0.3 is 20.5 Å². The molecule has 3 rings (SSSR count). The number of anilines is 1. The fraction of sp³-hybridized carbons (Fsp3) is 0.316. The van der Waals surface area contributed by atoms with Crippen molar-refractivity contribution in [1.29, 1.82) is 5.26 Å². The highest BCUT2D eigenvalue weighted by atomic mass is 19.4. The van der Waals surface area contributed by atoms with E-state index in [1.54, 1.807) is 18.2 Å². The first-order valence-corrected chi connectivity index (χ1v) is 8.75. The van der Waals surface area contributed by atoms with Gasteiger partial charge >= 0.3 is 12.1 Å². The molecule has 160 valence electrons. The standard InChI is InChI=1S/C17H17FN4O.C2HF3O2/c18-15-8-12(9-19)4-5-13(15)11-23-17-3-1-2-16(22-17)21-14-6-7-20-10-14;3-2(4,5)1(6)7/h1-5,8,14,20H,6-7,10-11H2,(H,21,22);(H,6,7). The number of pyridine rings is 1. The normalized spacial score (nSPS) is 15.5. The molecular weight excluding hydrogens is 408 g/mol. The molecule has 1 fully saturated rings. The van der Waals surface area contributed by atoms with E-state index in [9.17, 15) is 17.6 Å². The highest BCUT2D eigenvalue weighted by molar-refractivity contribution is 5.73. The number of aromatic nitrogens is 1. The minimum absolute atomic E-state index is 0.0684. The van der Waals surface area contributed by atoms with E-state index in [0.717, 1.165) is 25.3 Å². The third-order valence-electron chi connectivity index (χ3n) is 3.94. The van der Waals surface area contributed by atoms with Gasteiger partial charge in [-0.15, -0.1) is 0 Å². The van der Waals surface area contributed by atoms with Gasteiger partial charge in [-0.1, -0.05) is 12.1 Å². The zero-order chi connectivity index (χ0) is 22.1. The molecule has 1 aliphatic heterocycles. The molecule has 3 N–H and O–H groups in total. The largest absolute Gasteiger partial charge is 0.490 e. The van der Waals surface area contributed by atoms with E-state index < -0.39 is 18.0 Å². The van der Waals surface area contributed by atoms with Crippen LogP contribution in [-0.2, 0) is 11.4 Å². The molecule has 1 aromatic heterocycles. The molecule has 1 aliphatic rings. The van der Waals surface area contributed by atoms with Gasteiger partial charge in [-0.2, -0.15) is 23.4 Å². The zero-order valence-corrected chi connectivity index (χ0v) is 15.5. The van der Waals surface area contributed by atoms with Crippen molar-refractivity contribution in [2.75, 3.05) is 18.4 Å². The first-order chi connectivity index (χ1) is 14.2. The van der Waals surface area contributed by atoms with Crippen LogP contribution < -0.4 is 15.4 Å². The van der Waals surface area contributed by atoms with Crippen molar-refractivity contribution < 1.29 is 32.2 Å². The Morgan fingerprint density at radius 3 is 2.67 bits per heavy atom. The number of nitrogens with one attached hydrogen (secondary N) is 2. The van der Waals surface area contributed by atoms with Crippen LogP contribution in [0, 0.1) is 17.1 Å². The molecule has 2 aromatic rings. The van der Waals surface area contributed by atoms with E-state index in [-0.39, 0.29) is 6.61 Å². The third kappa shape index (κ3) is 7.21. The fourth-order valence-corrected chi connectivity index (χ4v) is 2.45. The second-order valence-electron chi connectivity index (χ2n) is 6.20. The molecular formula is C19H18F4N4O3. The quantitative estimate of drug-likeness (QED) is 0.631. The summed E-state index contributed by atoms with van der Waals surface area (Å²) >= 11 is 0. The molecule has 1 aromatic carbocycles. The summed E-state index contributed by atoms with van der Waals surface area (Å²) in [5.41, 5.74) is 0.685. The molecule has 0 bridgehead atoms. The highest BCUT2D eigenvalue weighted by Gasteiger charge is 2.38. The lowest BCUT2D eigenvalue weighted by atomic mass is 10.1. The molecule has 0 radical (unpaired) electrons.